The van der Waals surface area contributed by atoms with Gasteiger partial charge in [-0.15, -0.1) is 21.5 Å². The standard InChI is InChI=1S/C20H22N4O5S2/c1-13-17(31(26,27)21-12-14-6-5-7-15(10-14)28-2)11-16(30-13)18-22-23-19(29-18)20(25)24-8-3-4-9-24/h5-7,10-11,21H,3-4,8-9,12H2,1-2H3. The van der Waals surface area contributed by atoms with Gasteiger partial charge in [-0.1, -0.05) is 12.1 Å². The summed E-state index contributed by atoms with van der Waals surface area (Å²) in [5, 5.41) is 7.80. The molecule has 31 heavy (non-hydrogen) atoms. The number of likely N-dealkylation sites (tertiary alicyclic amines) is 1. The maximum atomic E-state index is 12.8. The van der Waals surface area contributed by atoms with Crippen LogP contribution in [0.3, 0.4) is 0 Å². The summed E-state index contributed by atoms with van der Waals surface area (Å²) in [5.74, 6) is 0.409. The molecule has 1 aliphatic heterocycles. The average Bonchev–Trinajstić information content (AvgIpc) is 3.52. The number of rotatable bonds is 7. The third-order valence-corrected chi connectivity index (χ3v) is 7.67. The Bertz CT molecular complexity index is 1200. The molecule has 0 bridgehead atoms. The van der Waals surface area contributed by atoms with Crippen LogP contribution in [0.15, 0.2) is 39.6 Å². The molecule has 0 aliphatic carbocycles. The predicted octanol–water partition coefficient (Wildman–Crippen LogP) is 2.83. The van der Waals surface area contributed by atoms with E-state index in [4.69, 9.17) is 9.15 Å². The molecule has 2 aromatic heterocycles. The zero-order chi connectivity index (χ0) is 22.0. The average molecular weight is 463 g/mol. The number of ether oxygens (including phenoxy) is 1. The van der Waals surface area contributed by atoms with E-state index >= 15 is 0 Å². The van der Waals surface area contributed by atoms with Crippen LogP contribution in [-0.2, 0) is 16.6 Å². The lowest BCUT2D eigenvalue weighted by molar-refractivity contribution is 0.0754. The number of carbonyl (C=O) groups is 1. The van der Waals surface area contributed by atoms with Crippen molar-refractivity contribution in [3.05, 3.63) is 46.7 Å². The van der Waals surface area contributed by atoms with Crippen molar-refractivity contribution in [2.75, 3.05) is 20.2 Å². The maximum Gasteiger partial charge on any atom is 0.311 e. The van der Waals surface area contributed by atoms with E-state index in [2.05, 4.69) is 14.9 Å². The molecule has 9 nitrogen and oxygen atoms in total. The number of methoxy groups -OCH3 is 1. The van der Waals surface area contributed by atoms with Crippen LogP contribution in [0.2, 0.25) is 0 Å². The summed E-state index contributed by atoms with van der Waals surface area (Å²) in [7, 11) is -2.21. The molecule has 1 aromatic carbocycles. The van der Waals surface area contributed by atoms with Gasteiger partial charge >= 0.3 is 11.8 Å². The van der Waals surface area contributed by atoms with E-state index in [9.17, 15) is 13.2 Å². The number of nitrogens with zero attached hydrogens (tertiary/aromatic N) is 3. The lowest BCUT2D eigenvalue weighted by Crippen LogP contribution is -2.27. The van der Waals surface area contributed by atoms with Crippen molar-refractivity contribution in [3.8, 4) is 16.5 Å². The first-order valence-corrected chi connectivity index (χ1v) is 12.0. The lowest BCUT2D eigenvalue weighted by atomic mass is 10.2. The quantitative estimate of drug-likeness (QED) is 0.574. The molecule has 4 rings (SSSR count). The first kappa shape index (κ1) is 21.5. The molecule has 0 unspecified atom stereocenters. The van der Waals surface area contributed by atoms with Crippen LogP contribution < -0.4 is 9.46 Å². The second-order valence-corrected chi connectivity index (χ2v) is 10.1. The molecule has 0 saturated carbocycles. The Morgan fingerprint density at radius 2 is 2.03 bits per heavy atom. The van der Waals surface area contributed by atoms with Crippen LogP contribution in [0.5, 0.6) is 5.75 Å². The van der Waals surface area contributed by atoms with Gasteiger partial charge in [0.15, 0.2) is 0 Å². The number of amides is 1. The monoisotopic (exact) mass is 462 g/mol. The van der Waals surface area contributed by atoms with Crippen molar-refractivity contribution in [2.24, 2.45) is 0 Å². The molecule has 1 amide bonds. The molecular weight excluding hydrogens is 440 g/mol. The van der Waals surface area contributed by atoms with Crippen molar-refractivity contribution in [3.63, 3.8) is 0 Å². The molecule has 3 heterocycles. The Kier molecular flexibility index (Phi) is 6.08. The van der Waals surface area contributed by atoms with Gasteiger partial charge in [-0.25, -0.2) is 13.1 Å². The lowest BCUT2D eigenvalue weighted by Gasteiger charge is -2.11. The maximum absolute atomic E-state index is 12.8. The Morgan fingerprint density at radius 3 is 2.77 bits per heavy atom. The van der Waals surface area contributed by atoms with Crippen LogP contribution in [-0.4, -0.2) is 49.6 Å². The molecular formula is C20H22N4O5S2. The highest BCUT2D eigenvalue weighted by atomic mass is 32.2. The molecule has 11 heteroatoms. The molecule has 0 spiro atoms. The number of sulfonamides is 1. The first-order valence-electron chi connectivity index (χ1n) is 9.73. The highest BCUT2D eigenvalue weighted by molar-refractivity contribution is 7.89. The third kappa shape index (κ3) is 4.63. The SMILES string of the molecule is COc1cccc(CNS(=O)(=O)c2cc(-c3nnc(C(=O)N4CCCC4)o3)sc2C)c1. The molecule has 3 aromatic rings. The number of carbonyl (C=O) groups excluding carboxylic acids is 1. The van der Waals surface area contributed by atoms with Gasteiger partial charge < -0.3 is 14.1 Å². The van der Waals surface area contributed by atoms with E-state index in [1.165, 1.54) is 17.4 Å². The summed E-state index contributed by atoms with van der Waals surface area (Å²) in [6, 6.07) is 8.67. The zero-order valence-electron chi connectivity index (χ0n) is 17.1. The van der Waals surface area contributed by atoms with Gasteiger partial charge in [0, 0.05) is 24.5 Å². The number of benzene rings is 1. The third-order valence-electron chi connectivity index (χ3n) is 4.97. The minimum atomic E-state index is -3.76. The fourth-order valence-electron chi connectivity index (χ4n) is 3.34. The highest BCUT2D eigenvalue weighted by Gasteiger charge is 2.27. The van der Waals surface area contributed by atoms with Gasteiger partial charge in [0.2, 0.25) is 10.0 Å². The minimum Gasteiger partial charge on any atom is -0.497 e. The Morgan fingerprint density at radius 1 is 1.26 bits per heavy atom. The topological polar surface area (TPSA) is 115 Å². The molecule has 1 saturated heterocycles. The molecule has 1 aliphatic rings. The van der Waals surface area contributed by atoms with Crippen LogP contribution in [0.4, 0.5) is 0 Å². The summed E-state index contributed by atoms with van der Waals surface area (Å²) < 4.78 is 39.0. The van der Waals surface area contributed by atoms with E-state index in [0.29, 0.717) is 28.6 Å². The number of aromatic nitrogens is 2. The molecule has 0 atom stereocenters. The summed E-state index contributed by atoms with van der Waals surface area (Å²) in [6.45, 7) is 3.19. The normalized spacial score (nSPS) is 14.2. The van der Waals surface area contributed by atoms with Crippen molar-refractivity contribution < 1.29 is 22.4 Å². The van der Waals surface area contributed by atoms with Crippen molar-refractivity contribution in [1.29, 1.82) is 0 Å². The highest BCUT2D eigenvalue weighted by Crippen LogP contribution is 2.33. The van der Waals surface area contributed by atoms with E-state index in [1.807, 2.05) is 6.07 Å². The fourth-order valence-corrected chi connectivity index (χ4v) is 5.87. The summed E-state index contributed by atoms with van der Waals surface area (Å²) >= 11 is 1.22. The second-order valence-electron chi connectivity index (χ2n) is 7.12. The number of thiophene rings is 1. The first-order chi connectivity index (χ1) is 14.9. The summed E-state index contributed by atoms with van der Waals surface area (Å²) in [5.41, 5.74) is 0.776. The van der Waals surface area contributed by atoms with Crippen molar-refractivity contribution >= 4 is 27.3 Å². The number of nitrogens with one attached hydrogen (secondary N) is 1. The number of hydrogen-bond donors (Lipinski definition) is 1. The van der Waals surface area contributed by atoms with Crippen LogP contribution in [0.25, 0.3) is 10.8 Å². The van der Waals surface area contributed by atoms with E-state index < -0.39 is 10.0 Å². The number of aryl methyl sites for hydroxylation is 1. The Labute approximate surface area is 184 Å². The van der Waals surface area contributed by atoms with Crippen molar-refractivity contribution in [2.45, 2.75) is 31.2 Å². The van der Waals surface area contributed by atoms with Crippen LogP contribution in [0.1, 0.15) is 34.0 Å². The zero-order valence-corrected chi connectivity index (χ0v) is 18.8. The van der Waals surface area contributed by atoms with Crippen molar-refractivity contribution in [1.82, 2.24) is 19.8 Å². The predicted molar refractivity (Wildman–Crippen MR) is 115 cm³/mol. The smallest absolute Gasteiger partial charge is 0.311 e. The fraction of sp³-hybridized carbons (Fsp3) is 0.350. The van der Waals surface area contributed by atoms with Gasteiger partial charge in [0.1, 0.15) is 5.75 Å². The van der Waals surface area contributed by atoms with Crippen LogP contribution in [0, 0.1) is 6.92 Å². The van der Waals surface area contributed by atoms with Gasteiger partial charge in [-0.3, -0.25) is 4.79 Å². The molecule has 164 valence electrons. The summed E-state index contributed by atoms with van der Waals surface area (Å²) in [6.07, 6.45) is 1.92. The minimum absolute atomic E-state index is 0.0801. The molecule has 1 fully saturated rings. The summed E-state index contributed by atoms with van der Waals surface area (Å²) in [4.78, 5) is 15.3. The molecule has 0 radical (unpaired) electrons. The Hall–Kier alpha value is -2.76. The van der Waals surface area contributed by atoms with Gasteiger partial charge in [0.25, 0.3) is 5.89 Å². The Balaban J connectivity index is 1.51. The molecule has 1 N–H and O–H groups in total. The van der Waals surface area contributed by atoms with E-state index in [-0.39, 0.29) is 29.1 Å². The second kappa shape index (κ2) is 8.77. The van der Waals surface area contributed by atoms with Crippen LogP contribution >= 0.6 is 11.3 Å². The van der Waals surface area contributed by atoms with Gasteiger partial charge in [-0.05, 0) is 43.5 Å². The van der Waals surface area contributed by atoms with Gasteiger partial charge in [0.05, 0.1) is 16.9 Å². The van der Waals surface area contributed by atoms with E-state index in [0.717, 1.165) is 18.4 Å². The number of hydrogen-bond acceptors (Lipinski definition) is 8. The largest absolute Gasteiger partial charge is 0.497 e. The van der Waals surface area contributed by atoms with Gasteiger partial charge in [-0.2, -0.15) is 0 Å². The van der Waals surface area contributed by atoms with E-state index in [1.54, 1.807) is 37.1 Å².